The SMILES string of the molecule is CCc1nnc(NC2CCC(C)C2C)nc1CC. The highest BCUT2D eigenvalue weighted by atomic mass is 15.2. The summed E-state index contributed by atoms with van der Waals surface area (Å²) >= 11 is 0. The van der Waals surface area contributed by atoms with Crippen LogP contribution >= 0.6 is 0 Å². The average Bonchev–Trinajstić information content (AvgIpc) is 2.70. The van der Waals surface area contributed by atoms with Crippen LogP contribution in [-0.4, -0.2) is 21.2 Å². The van der Waals surface area contributed by atoms with E-state index in [0.29, 0.717) is 17.9 Å². The Hall–Kier alpha value is -1.19. The number of nitrogens with one attached hydrogen (secondary N) is 1. The van der Waals surface area contributed by atoms with Crippen LogP contribution in [0.1, 0.15) is 51.9 Å². The molecule has 0 saturated heterocycles. The number of aryl methyl sites for hydroxylation is 2. The number of nitrogens with zero attached hydrogens (tertiary/aromatic N) is 3. The van der Waals surface area contributed by atoms with Crippen LogP contribution in [0.2, 0.25) is 0 Å². The number of rotatable bonds is 4. The van der Waals surface area contributed by atoms with E-state index in [9.17, 15) is 0 Å². The molecule has 3 atom stereocenters. The summed E-state index contributed by atoms with van der Waals surface area (Å²) in [6.45, 7) is 8.85. The maximum absolute atomic E-state index is 4.60. The molecule has 100 valence electrons. The maximum atomic E-state index is 4.60. The van der Waals surface area contributed by atoms with Crippen molar-refractivity contribution in [1.82, 2.24) is 15.2 Å². The summed E-state index contributed by atoms with van der Waals surface area (Å²) in [4.78, 5) is 4.60. The molecule has 0 spiro atoms. The Bertz CT molecular complexity index is 405. The highest BCUT2D eigenvalue weighted by Gasteiger charge is 2.30. The standard InChI is InChI=1S/C14H24N4/c1-5-11-12(6-2)17-18-14(15-11)16-13-8-7-9(3)10(13)4/h9-10,13H,5-8H2,1-4H3,(H,15,16,18). The van der Waals surface area contributed by atoms with Crippen molar-refractivity contribution in [2.45, 2.75) is 59.4 Å². The van der Waals surface area contributed by atoms with Crippen molar-refractivity contribution in [3.05, 3.63) is 11.4 Å². The Morgan fingerprint density at radius 2 is 1.78 bits per heavy atom. The van der Waals surface area contributed by atoms with Crippen LogP contribution in [-0.2, 0) is 12.8 Å². The molecule has 1 aliphatic rings. The van der Waals surface area contributed by atoms with Gasteiger partial charge in [0.15, 0.2) is 0 Å². The third kappa shape index (κ3) is 2.62. The predicted molar refractivity (Wildman–Crippen MR) is 73.6 cm³/mol. The van der Waals surface area contributed by atoms with Crippen molar-refractivity contribution in [1.29, 1.82) is 0 Å². The summed E-state index contributed by atoms with van der Waals surface area (Å²) in [5.74, 6) is 2.18. The van der Waals surface area contributed by atoms with Gasteiger partial charge in [0.1, 0.15) is 0 Å². The van der Waals surface area contributed by atoms with Crippen molar-refractivity contribution in [2.24, 2.45) is 11.8 Å². The molecule has 1 saturated carbocycles. The summed E-state index contributed by atoms with van der Waals surface area (Å²) in [5, 5.41) is 12.0. The van der Waals surface area contributed by atoms with Gasteiger partial charge in [-0.2, -0.15) is 5.10 Å². The van der Waals surface area contributed by atoms with Gasteiger partial charge >= 0.3 is 0 Å². The number of anilines is 1. The van der Waals surface area contributed by atoms with Crippen LogP contribution in [0.25, 0.3) is 0 Å². The molecule has 18 heavy (non-hydrogen) atoms. The van der Waals surface area contributed by atoms with Crippen molar-refractivity contribution < 1.29 is 0 Å². The van der Waals surface area contributed by atoms with E-state index in [2.05, 4.69) is 48.2 Å². The van der Waals surface area contributed by atoms with E-state index in [1.54, 1.807) is 0 Å². The van der Waals surface area contributed by atoms with Gasteiger partial charge in [-0.15, -0.1) is 5.10 Å². The Balaban J connectivity index is 2.10. The van der Waals surface area contributed by atoms with Crippen LogP contribution in [0.15, 0.2) is 0 Å². The first-order valence-electron chi connectivity index (χ1n) is 7.14. The Labute approximate surface area is 110 Å². The summed E-state index contributed by atoms with van der Waals surface area (Å²) < 4.78 is 0. The van der Waals surface area contributed by atoms with Crippen LogP contribution < -0.4 is 5.32 Å². The Kier molecular flexibility index (Phi) is 4.15. The van der Waals surface area contributed by atoms with E-state index in [4.69, 9.17) is 0 Å². The van der Waals surface area contributed by atoms with Gasteiger partial charge in [-0.05, 0) is 37.5 Å². The molecule has 0 aliphatic heterocycles. The van der Waals surface area contributed by atoms with Gasteiger partial charge in [-0.1, -0.05) is 27.7 Å². The molecule has 1 N–H and O–H groups in total. The second-order valence-corrected chi connectivity index (χ2v) is 5.40. The minimum atomic E-state index is 0.499. The largest absolute Gasteiger partial charge is 0.350 e. The van der Waals surface area contributed by atoms with E-state index >= 15 is 0 Å². The Morgan fingerprint density at radius 1 is 1.06 bits per heavy atom. The van der Waals surface area contributed by atoms with Gasteiger partial charge in [0.05, 0.1) is 11.4 Å². The minimum absolute atomic E-state index is 0.499. The van der Waals surface area contributed by atoms with Crippen molar-refractivity contribution in [3.63, 3.8) is 0 Å². The highest BCUT2D eigenvalue weighted by molar-refractivity contribution is 5.28. The molecule has 1 aromatic rings. The lowest BCUT2D eigenvalue weighted by Gasteiger charge is -2.19. The van der Waals surface area contributed by atoms with Gasteiger partial charge in [-0.3, -0.25) is 0 Å². The summed E-state index contributed by atoms with van der Waals surface area (Å²) in [7, 11) is 0. The van der Waals surface area contributed by atoms with E-state index in [0.717, 1.165) is 30.1 Å². The molecule has 1 fully saturated rings. The third-order valence-electron chi connectivity index (χ3n) is 4.29. The zero-order valence-corrected chi connectivity index (χ0v) is 11.9. The van der Waals surface area contributed by atoms with Gasteiger partial charge in [-0.25, -0.2) is 4.98 Å². The molecule has 0 amide bonds. The lowest BCUT2D eigenvalue weighted by molar-refractivity contribution is 0.434. The predicted octanol–water partition coefficient (Wildman–Crippen LogP) is 2.84. The summed E-state index contributed by atoms with van der Waals surface area (Å²) in [5.41, 5.74) is 2.10. The molecule has 4 nitrogen and oxygen atoms in total. The molecular formula is C14H24N4. The van der Waals surface area contributed by atoms with Gasteiger partial charge < -0.3 is 5.32 Å². The first kappa shape index (κ1) is 13.2. The van der Waals surface area contributed by atoms with E-state index in [1.165, 1.54) is 12.8 Å². The normalized spacial score (nSPS) is 27.4. The van der Waals surface area contributed by atoms with Gasteiger partial charge in [0.25, 0.3) is 0 Å². The molecular weight excluding hydrogens is 224 g/mol. The quantitative estimate of drug-likeness (QED) is 0.890. The third-order valence-corrected chi connectivity index (χ3v) is 4.29. The molecule has 4 heteroatoms. The summed E-state index contributed by atoms with van der Waals surface area (Å²) in [6.07, 6.45) is 4.33. The van der Waals surface area contributed by atoms with Crippen molar-refractivity contribution >= 4 is 5.95 Å². The van der Waals surface area contributed by atoms with Crippen LogP contribution in [0, 0.1) is 11.8 Å². The second-order valence-electron chi connectivity index (χ2n) is 5.40. The molecule has 0 aromatic carbocycles. The zero-order valence-electron chi connectivity index (χ0n) is 11.9. The first-order chi connectivity index (χ1) is 8.65. The number of hydrogen-bond acceptors (Lipinski definition) is 4. The van der Waals surface area contributed by atoms with E-state index < -0.39 is 0 Å². The zero-order chi connectivity index (χ0) is 13.1. The second kappa shape index (κ2) is 5.63. The summed E-state index contributed by atoms with van der Waals surface area (Å²) in [6, 6.07) is 0.499. The van der Waals surface area contributed by atoms with Gasteiger partial charge in [0.2, 0.25) is 5.95 Å². The molecule has 1 aliphatic carbocycles. The fraction of sp³-hybridized carbons (Fsp3) is 0.786. The fourth-order valence-corrected chi connectivity index (χ4v) is 2.73. The lowest BCUT2D eigenvalue weighted by Crippen LogP contribution is -2.25. The monoisotopic (exact) mass is 248 g/mol. The van der Waals surface area contributed by atoms with Crippen molar-refractivity contribution in [2.75, 3.05) is 5.32 Å². The Morgan fingerprint density at radius 3 is 2.33 bits per heavy atom. The molecule has 1 aromatic heterocycles. The molecule has 1 heterocycles. The van der Waals surface area contributed by atoms with Gasteiger partial charge in [0, 0.05) is 6.04 Å². The minimum Gasteiger partial charge on any atom is -0.350 e. The van der Waals surface area contributed by atoms with Crippen LogP contribution in [0.5, 0.6) is 0 Å². The molecule has 0 bridgehead atoms. The lowest BCUT2D eigenvalue weighted by atomic mass is 9.98. The van der Waals surface area contributed by atoms with Crippen LogP contribution in [0.4, 0.5) is 5.95 Å². The smallest absolute Gasteiger partial charge is 0.243 e. The number of aromatic nitrogens is 3. The van der Waals surface area contributed by atoms with Crippen molar-refractivity contribution in [3.8, 4) is 0 Å². The molecule has 2 rings (SSSR count). The maximum Gasteiger partial charge on any atom is 0.243 e. The first-order valence-corrected chi connectivity index (χ1v) is 7.14. The fourth-order valence-electron chi connectivity index (χ4n) is 2.73. The highest BCUT2D eigenvalue weighted by Crippen LogP contribution is 2.32. The van der Waals surface area contributed by atoms with E-state index in [1.807, 2.05) is 0 Å². The molecule has 3 unspecified atom stereocenters. The molecule has 0 radical (unpaired) electrons. The average molecular weight is 248 g/mol. The van der Waals surface area contributed by atoms with Crippen LogP contribution in [0.3, 0.4) is 0 Å². The number of hydrogen-bond donors (Lipinski definition) is 1. The topological polar surface area (TPSA) is 50.7 Å². The van der Waals surface area contributed by atoms with E-state index in [-0.39, 0.29) is 0 Å².